The van der Waals surface area contributed by atoms with Gasteiger partial charge in [-0.3, -0.25) is 9.55 Å². The molecule has 0 spiro atoms. The molecule has 1 aliphatic heterocycles. The van der Waals surface area contributed by atoms with Crippen molar-refractivity contribution in [2.24, 2.45) is 4.99 Å². The highest BCUT2D eigenvalue weighted by Crippen LogP contribution is 2.33. The van der Waals surface area contributed by atoms with Crippen LogP contribution < -0.4 is 9.47 Å². The third-order valence-corrected chi connectivity index (χ3v) is 4.24. The lowest BCUT2D eigenvalue weighted by atomic mass is 9.92. The fourth-order valence-electron chi connectivity index (χ4n) is 2.94. The van der Waals surface area contributed by atoms with Gasteiger partial charge in [-0.1, -0.05) is 42.5 Å². The Labute approximate surface area is 182 Å². The van der Waals surface area contributed by atoms with Crippen molar-refractivity contribution in [3.8, 4) is 17.6 Å². The van der Waals surface area contributed by atoms with Crippen LogP contribution in [0.25, 0.3) is 6.08 Å². The summed E-state index contributed by atoms with van der Waals surface area (Å²) in [6.45, 7) is 0.652. The predicted octanol–water partition coefficient (Wildman–Crippen LogP) is 3.72. The van der Waals surface area contributed by atoms with Crippen molar-refractivity contribution in [3.63, 3.8) is 0 Å². The van der Waals surface area contributed by atoms with E-state index in [2.05, 4.69) is 11.1 Å². The van der Waals surface area contributed by atoms with Crippen LogP contribution in [0.4, 0.5) is 0 Å². The Kier molecular flexibility index (Phi) is 8.55. The Morgan fingerprint density at radius 2 is 1.77 bits per heavy atom. The molecule has 0 fully saturated rings. The van der Waals surface area contributed by atoms with Gasteiger partial charge in [-0.15, -0.1) is 0 Å². The molecule has 0 amide bonds. The minimum Gasteiger partial charge on any atom is -0.493 e. The van der Waals surface area contributed by atoms with Crippen LogP contribution >= 0.6 is 0 Å². The molecule has 0 saturated heterocycles. The summed E-state index contributed by atoms with van der Waals surface area (Å²) in [6, 6.07) is 16.1. The van der Waals surface area contributed by atoms with E-state index in [1.165, 1.54) is 0 Å². The monoisotopic (exact) mass is 440 g/mol. The van der Waals surface area contributed by atoms with E-state index in [0.29, 0.717) is 35.6 Å². The minimum atomic E-state index is -3.67. The van der Waals surface area contributed by atoms with Gasteiger partial charge < -0.3 is 9.47 Å². The molecule has 2 aromatic carbocycles. The van der Waals surface area contributed by atoms with Crippen LogP contribution in [0.2, 0.25) is 0 Å². The van der Waals surface area contributed by atoms with E-state index in [0.717, 1.165) is 23.1 Å². The molecule has 1 aliphatic rings. The molecule has 0 saturated carbocycles. The number of methoxy groups -OCH3 is 2. The number of nitrogens with zero attached hydrogens (tertiary/aromatic N) is 2. The van der Waals surface area contributed by atoms with E-state index >= 15 is 0 Å². The first-order valence-corrected chi connectivity index (χ1v) is 11.2. The van der Waals surface area contributed by atoms with Gasteiger partial charge >= 0.3 is 0 Å². The van der Waals surface area contributed by atoms with Gasteiger partial charge in [0, 0.05) is 12.1 Å². The highest BCUT2D eigenvalue weighted by atomic mass is 32.2. The maximum atomic E-state index is 9.64. The van der Waals surface area contributed by atoms with Gasteiger partial charge in [-0.2, -0.15) is 13.7 Å². The number of allylic oxidation sites excluding steroid dienone is 3. The van der Waals surface area contributed by atoms with Crippen LogP contribution in [-0.2, 0) is 16.5 Å². The number of fused-ring (bicyclic) bond motifs is 1. The molecule has 0 radical (unpaired) electrons. The lowest BCUT2D eigenvalue weighted by Gasteiger charge is -2.19. The van der Waals surface area contributed by atoms with Gasteiger partial charge in [-0.25, -0.2) is 0 Å². The quantitative estimate of drug-likeness (QED) is 0.431. The lowest BCUT2D eigenvalue weighted by Crippen LogP contribution is -2.15. The summed E-state index contributed by atoms with van der Waals surface area (Å²) in [4.78, 5) is 4.59. The molecule has 0 aromatic heterocycles. The number of ether oxygens (including phenoxy) is 2. The number of nitriles is 1. The van der Waals surface area contributed by atoms with Gasteiger partial charge in [0.15, 0.2) is 11.5 Å². The summed E-state index contributed by atoms with van der Waals surface area (Å²) >= 11 is 0. The fraction of sp³-hybridized carbons (Fsp3) is 0.217. The van der Waals surface area contributed by atoms with Crippen LogP contribution in [-0.4, -0.2) is 45.7 Å². The molecule has 0 bridgehead atoms. The number of benzene rings is 2. The van der Waals surface area contributed by atoms with Gasteiger partial charge in [0.2, 0.25) is 0 Å². The van der Waals surface area contributed by atoms with Crippen LogP contribution in [0.3, 0.4) is 0 Å². The molecule has 162 valence electrons. The second-order valence-corrected chi connectivity index (χ2v) is 8.01. The Morgan fingerprint density at radius 1 is 1.16 bits per heavy atom. The summed E-state index contributed by atoms with van der Waals surface area (Å²) in [5, 5.41) is 9.64. The van der Waals surface area contributed by atoms with E-state index in [1.54, 1.807) is 20.3 Å². The molecule has 7 nitrogen and oxygen atoms in total. The summed E-state index contributed by atoms with van der Waals surface area (Å²) in [5.41, 5.74) is 4.35. The van der Waals surface area contributed by atoms with Crippen LogP contribution in [0, 0.1) is 11.3 Å². The minimum absolute atomic E-state index is 0.533. The van der Waals surface area contributed by atoms with E-state index in [-0.39, 0.29) is 0 Å². The van der Waals surface area contributed by atoms with Crippen molar-refractivity contribution < 1.29 is 22.4 Å². The Balaban J connectivity index is 0.000000614. The third-order valence-electron chi connectivity index (χ3n) is 4.24. The third kappa shape index (κ3) is 7.41. The van der Waals surface area contributed by atoms with Crippen molar-refractivity contribution >= 4 is 21.9 Å². The van der Waals surface area contributed by atoms with Crippen molar-refractivity contribution in [2.45, 2.75) is 6.42 Å². The zero-order valence-electron chi connectivity index (χ0n) is 17.6. The van der Waals surface area contributed by atoms with Crippen LogP contribution in [0.15, 0.2) is 65.2 Å². The number of aliphatic imine (C=N–C) groups is 1. The first kappa shape index (κ1) is 23.9. The molecular weight excluding hydrogens is 416 g/mol. The summed E-state index contributed by atoms with van der Waals surface area (Å²) in [5.74, 6) is 1.33. The molecule has 0 unspecified atom stereocenters. The average molecular weight is 441 g/mol. The maximum Gasteiger partial charge on any atom is 0.261 e. The zero-order valence-corrected chi connectivity index (χ0v) is 18.4. The fourth-order valence-corrected chi connectivity index (χ4v) is 2.94. The summed E-state index contributed by atoms with van der Waals surface area (Å²) in [7, 11) is -0.440. The summed E-state index contributed by atoms with van der Waals surface area (Å²) < 4.78 is 36.7. The number of hydrogen-bond acceptors (Lipinski definition) is 6. The number of rotatable bonds is 5. The van der Waals surface area contributed by atoms with E-state index in [9.17, 15) is 13.7 Å². The smallest absolute Gasteiger partial charge is 0.261 e. The first-order valence-electron chi connectivity index (χ1n) is 9.33. The van der Waals surface area contributed by atoms with Crippen LogP contribution in [0.5, 0.6) is 11.5 Å². The van der Waals surface area contributed by atoms with Crippen molar-refractivity contribution in [3.05, 3.63) is 76.9 Å². The molecule has 1 N–H and O–H groups in total. The standard InChI is InChI=1S/C22H20N2O2.CH4O3S/c1-25-20-13-17-11-12-24-22(19(17)14-21(20)26-2)18(15-23)10-6-9-16-7-4-3-5-8-16;1-5(2,3)4/h3-10,13-14H,11-12H2,1-2H3;1H3,(H,2,3,4)/b9-6+,18-10+;. The molecule has 2 aromatic rings. The Morgan fingerprint density at radius 3 is 2.35 bits per heavy atom. The molecular formula is C23H24N2O5S. The van der Waals surface area contributed by atoms with Gasteiger partial charge in [-0.05, 0) is 35.8 Å². The highest BCUT2D eigenvalue weighted by molar-refractivity contribution is 7.85. The van der Waals surface area contributed by atoms with E-state index in [1.807, 2.05) is 54.6 Å². The van der Waals surface area contributed by atoms with Crippen LogP contribution in [0.1, 0.15) is 16.7 Å². The highest BCUT2D eigenvalue weighted by Gasteiger charge is 2.20. The Hall–Kier alpha value is -3.41. The summed E-state index contributed by atoms with van der Waals surface area (Å²) in [6.07, 6.45) is 7.18. The van der Waals surface area contributed by atoms with Gasteiger partial charge in [0.25, 0.3) is 10.1 Å². The first-order chi connectivity index (χ1) is 14.8. The Bertz CT molecular complexity index is 1140. The van der Waals surface area contributed by atoms with Gasteiger partial charge in [0.1, 0.15) is 6.07 Å². The van der Waals surface area contributed by atoms with Crippen molar-refractivity contribution in [1.82, 2.24) is 0 Å². The number of hydrogen-bond donors (Lipinski definition) is 1. The maximum absolute atomic E-state index is 9.64. The SMILES string of the molecule is COc1cc2c(cc1OC)C(/C(C#N)=C/C=C/c1ccccc1)=NCC2.CS(=O)(=O)O. The second kappa shape index (κ2) is 11.1. The van der Waals surface area contributed by atoms with Gasteiger partial charge in [0.05, 0.1) is 31.8 Å². The zero-order chi connectivity index (χ0) is 22.9. The van der Waals surface area contributed by atoms with Crippen molar-refractivity contribution in [2.75, 3.05) is 27.0 Å². The largest absolute Gasteiger partial charge is 0.493 e. The average Bonchev–Trinajstić information content (AvgIpc) is 2.75. The molecule has 8 heteroatoms. The molecule has 1 heterocycles. The predicted molar refractivity (Wildman–Crippen MR) is 121 cm³/mol. The van der Waals surface area contributed by atoms with Crippen molar-refractivity contribution in [1.29, 1.82) is 5.26 Å². The van der Waals surface area contributed by atoms with E-state index < -0.39 is 10.1 Å². The molecule has 0 atom stereocenters. The normalized spacial score (nSPS) is 13.4. The van der Waals surface area contributed by atoms with E-state index in [4.69, 9.17) is 14.0 Å². The molecule has 3 rings (SSSR count). The molecule has 31 heavy (non-hydrogen) atoms. The second-order valence-electron chi connectivity index (χ2n) is 6.54. The molecule has 0 aliphatic carbocycles. The topological polar surface area (TPSA) is 109 Å². The lowest BCUT2D eigenvalue weighted by molar-refractivity contribution is 0.354.